The molecule has 1 unspecified atom stereocenters. The van der Waals surface area contributed by atoms with E-state index in [1.807, 2.05) is 0 Å². The quantitative estimate of drug-likeness (QED) is 0.795. The van der Waals surface area contributed by atoms with Crippen LogP contribution in [0.2, 0.25) is 0 Å². The summed E-state index contributed by atoms with van der Waals surface area (Å²) in [5.74, 6) is 0. The molecule has 2 aliphatic heterocycles. The Hall–Kier alpha value is -0.170. The van der Waals surface area contributed by atoms with Gasteiger partial charge >= 0.3 is 0 Å². The molecule has 0 spiro atoms. The van der Waals surface area contributed by atoms with Gasteiger partial charge in [-0.2, -0.15) is 17.0 Å². The summed E-state index contributed by atoms with van der Waals surface area (Å²) in [5.41, 5.74) is 0. The zero-order valence-electron chi connectivity index (χ0n) is 10.8. The van der Waals surface area contributed by atoms with E-state index in [4.69, 9.17) is 0 Å². The van der Waals surface area contributed by atoms with E-state index in [9.17, 15) is 8.42 Å². The second-order valence-corrected chi connectivity index (χ2v) is 7.59. The standard InChI is InChI=1S/C12H23N3O2S/c16-18(17,14-8-1-2-9-14)15(12-5-6-12)10-11-4-3-7-13-11/h11-13H,1-10H2. The van der Waals surface area contributed by atoms with Crippen LogP contribution in [0.5, 0.6) is 0 Å². The first-order valence-electron chi connectivity index (χ1n) is 7.18. The van der Waals surface area contributed by atoms with Gasteiger partial charge in [0.1, 0.15) is 0 Å². The molecule has 6 heteroatoms. The molecule has 0 aromatic carbocycles. The van der Waals surface area contributed by atoms with Gasteiger partial charge in [-0.1, -0.05) is 0 Å². The van der Waals surface area contributed by atoms with Crippen LogP contribution in [0.1, 0.15) is 38.5 Å². The van der Waals surface area contributed by atoms with Gasteiger partial charge in [-0.05, 0) is 45.1 Å². The van der Waals surface area contributed by atoms with Gasteiger partial charge in [0.05, 0.1) is 0 Å². The van der Waals surface area contributed by atoms with Crippen molar-refractivity contribution in [1.82, 2.24) is 13.9 Å². The molecule has 3 fully saturated rings. The zero-order valence-corrected chi connectivity index (χ0v) is 11.7. The van der Waals surface area contributed by atoms with E-state index in [-0.39, 0.29) is 6.04 Å². The summed E-state index contributed by atoms with van der Waals surface area (Å²) < 4.78 is 28.7. The fourth-order valence-corrected chi connectivity index (χ4v) is 4.96. The molecule has 0 bridgehead atoms. The van der Waals surface area contributed by atoms with E-state index in [1.54, 1.807) is 8.61 Å². The van der Waals surface area contributed by atoms with E-state index >= 15 is 0 Å². The Labute approximate surface area is 110 Å². The molecular formula is C12H23N3O2S. The third-order valence-corrected chi connectivity index (χ3v) is 6.26. The highest BCUT2D eigenvalue weighted by atomic mass is 32.2. The van der Waals surface area contributed by atoms with Crippen molar-refractivity contribution in [2.45, 2.75) is 50.6 Å². The molecule has 18 heavy (non-hydrogen) atoms. The first kappa shape index (κ1) is 12.8. The van der Waals surface area contributed by atoms with Gasteiger partial charge in [-0.15, -0.1) is 0 Å². The number of hydrogen-bond donors (Lipinski definition) is 1. The highest BCUT2D eigenvalue weighted by molar-refractivity contribution is 7.86. The second-order valence-electron chi connectivity index (χ2n) is 5.71. The number of hydrogen-bond acceptors (Lipinski definition) is 3. The first-order valence-corrected chi connectivity index (χ1v) is 8.58. The van der Waals surface area contributed by atoms with Crippen LogP contribution in [0.15, 0.2) is 0 Å². The lowest BCUT2D eigenvalue weighted by Gasteiger charge is -2.29. The van der Waals surface area contributed by atoms with Crippen LogP contribution in [0, 0.1) is 0 Å². The molecule has 0 aromatic rings. The lowest BCUT2D eigenvalue weighted by atomic mass is 10.2. The molecule has 2 heterocycles. The van der Waals surface area contributed by atoms with Crippen molar-refractivity contribution in [2.24, 2.45) is 0 Å². The molecule has 5 nitrogen and oxygen atoms in total. The average Bonchev–Trinajstić information content (AvgIpc) is 2.87. The van der Waals surface area contributed by atoms with Crippen molar-refractivity contribution in [3.05, 3.63) is 0 Å². The predicted octanol–water partition coefficient (Wildman–Crippen LogP) is 0.543. The monoisotopic (exact) mass is 273 g/mol. The van der Waals surface area contributed by atoms with E-state index in [1.165, 1.54) is 6.42 Å². The van der Waals surface area contributed by atoms with Crippen LogP contribution in [0.4, 0.5) is 0 Å². The fraction of sp³-hybridized carbons (Fsp3) is 1.00. The minimum atomic E-state index is -3.20. The maximum atomic E-state index is 12.6. The molecule has 1 N–H and O–H groups in total. The van der Waals surface area contributed by atoms with Crippen molar-refractivity contribution >= 4 is 10.2 Å². The maximum absolute atomic E-state index is 12.6. The largest absolute Gasteiger partial charge is 0.313 e. The fourth-order valence-electron chi connectivity index (χ4n) is 2.99. The van der Waals surface area contributed by atoms with Crippen LogP contribution in [0.25, 0.3) is 0 Å². The molecule has 3 aliphatic rings. The van der Waals surface area contributed by atoms with Gasteiger partial charge in [-0.25, -0.2) is 0 Å². The Morgan fingerprint density at radius 1 is 1.11 bits per heavy atom. The highest BCUT2D eigenvalue weighted by Crippen LogP contribution is 2.32. The summed E-state index contributed by atoms with van der Waals surface area (Å²) in [6.45, 7) is 3.13. The third-order valence-electron chi connectivity index (χ3n) is 4.20. The number of nitrogens with zero attached hydrogens (tertiary/aromatic N) is 2. The van der Waals surface area contributed by atoms with Crippen molar-refractivity contribution < 1.29 is 8.42 Å². The Morgan fingerprint density at radius 3 is 2.39 bits per heavy atom. The van der Waals surface area contributed by atoms with Crippen LogP contribution in [-0.2, 0) is 10.2 Å². The van der Waals surface area contributed by atoms with Gasteiger partial charge < -0.3 is 5.32 Å². The molecule has 104 valence electrons. The van der Waals surface area contributed by atoms with Gasteiger partial charge in [-0.3, -0.25) is 0 Å². The van der Waals surface area contributed by atoms with Crippen molar-refractivity contribution in [2.75, 3.05) is 26.2 Å². The summed E-state index contributed by atoms with van der Waals surface area (Å²) in [6, 6.07) is 0.640. The smallest absolute Gasteiger partial charge is 0.282 e. The summed E-state index contributed by atoms with van der Waals surface area (Å²) >= 11 is 0. The highest BCUT2D eigenvalue weighted by Gasteiger charge is 2.42. The molecule has 0 amide bonds. The Morgan fingerprint density at radius 2 is 1.83 bits per heavy atom. The summed E-state index contributed by atoms with van der Waals surface area (Å²) in [4.78, 5) is 0. The van der Waals surface area contributed by atoms with Crippen LogP contribution < -0.4 is 5.32 Å². The average molecular weight is 273 g/mol. The molecule has 0 aromatic heterocycles. The molecule has 1 atom stereocenters. The van der Waals surface area contributed by atoms with E-state index in [0.29, 0.717) is 25.7 Å². The summed E-state index contributed by atoms with van der Waals surface area (Å²) in [6.07, 6.45) is 6.39. The lowest BCUT2D eigenvalue weighted by Crippen LogP contribution is -2.48. The minimum absolute atomic E-state index is 0.276. The number of rotatable bonds is 5. The van der Waals surface area contributed by atoms with Crippen molar-refractivity contribution in [3.8, 4) is 0 Å². The number of nitrogens with one attached hydrogen (secondary N) is 1. The third kappa shape index (κ3) is 2.57. The van der Waals surface area contributed by atoms with Crippen molar-refractivity contribution in [1.29, 1.82) is 0 Å². The van der Waals surface area contributed by atoms with Gasteiger partial charge in [0.2, 0.25) is 0 Å². The zero-order chi connectivity index (χ0) is 12.6. The molecule has 3 rings (SSSR count). The van der Waals surface area contributed by atoms with Gasteiger partial charge in [0.15, 0.2) is 0 Å². The van der Waals surface area contributed by atoms with E-state index in [0.717, 1.165) is 38.6 Å². The molecule has 1 aliphatic carbocycles. The topological polar surface area (TPSA) is 52.7 Å². The van der Waals surface area contributed by atoms with Crippen LogP contribution >= 0.6 is 0 Å². The predicted molar refractivity (Wildman–Crippen MR) is 70.5 cm³/mol. The minimum Gasteiger partial charge on any atom is -0.313 e. The lowest BCUT2D eigenvalue weighted by molar-refractivity contribution is 0.328. The SMILES string of the molecule is O=S(=O)(N1CCCC1)N(CC1CCCN1)C1CC1. The molecule has 2 saturated heterocycles. The molecule has 0 radical (unpaired) electrons. The van der Waals surface area contributed by atoms with Crippen molar-refractivity contribution in [3.63, 3.8) is 0 Å². The van der Waals surface area contributed by atoms with E-state index < -0.39 is 10.2 Å². The van der Waals surface area contributed by atoms with Crippen LogP contribution in [0.3, 0.4) is 0 Å². The normalized spacial score (nSPS) is 30.4. The van der Waals surface area contributed by atoms with Gasteiger partial charge in [0.25, 0.3) is 10.2 Å². The Bertz CT molecular complexity index is 382. The molecular weight excluding hydrogens is 250 g/mol. The van der Waals surface area contributed by atoms with Gasteiger partial charge in [0, 0.05) is 31.7 Å². The summed E-state index contributed by atoms with van der Waals surface area (Å²) in [7, 11) is -3.20. The second kappa shape index (κ2) is 5.07. The maximum Gasteiger partial charge on any atom is 0.282 e. The van der Waals surface area contributed by atoms with Crippen LogP contribution in [-0.4, -0.2) is 55.3 Å². The Kier molecular flexibility index (Phi) is 3.62. The first-order chi connectivity index (χ1) is 8.68. The molecule has 1 saturated carbocycles. The van der Waals surface area contributed by atoms with E-state index in [2.05, 4.69) is 5.32 Å². The Balaban J connectivity index is 1.71. The summed E-state index contributed by atoms with van der Waals surface area (Å²) in [5, 5.41) is 3.41.